The van der Waals surface area contributed by atoms with E-state index in [-0.39, 0.29) is 0 Å². The van der Waals surface area contributed by atoms with Gasteiger partial charge in [-0.1, -0.05) is 6.58 Å². The minimum Gasteiger partial charge on any atom is -0.493 e. The number of ether oxygens (including phenoxy) is 2. The van der Waals surface area contributed by atoms with E-state index in [9.17, 15) is 0 Å². The minimum atomic E-state index is 0.522. The normalized spacial score (nSPS) is 9.57. The van der Waals surface area contributed by atoms with Crippen LogP contribution in [0.5, 0.6) is 11.5 Å². The molecule has 1 aromatic rings. The predicted octanol–water partition coefficient (Wildman–Crippen LogP) is 2.02. The Morgan fingerprint density at radius 1 is 1.43 bits per heavy atom. The lowest BCUT2D eigenvalue weighted by Gasteiger charge is -2.10. The molecule has 0 saturated carbocycles. The molecule has 1 rings (SSSR count). The molecule has 3 heteroatoms. The molecule has 0 heterocycles. The summed E-state index contributed by atoms with van der Waals surface area (Å²) in [6.45, 7) is 6.18. The first kappa shape index (κ1) is 10.4. The van der Waals surface area contributed by atoms with Gasteiger partial charge < -0.3 is 15.2 Å². The van der Waals surface area contributed by atoms with E-state index in [2.05, 4.69) is 6.58 Å². The molecule has 0 bridgehead atoms. The molecule has 0 aliphatic rings. The van der Waals surface area contributed by atoms with E-state index in [0.29, 0.717) is 23.8 Å². The standard InChI is InChI=1S/C11H15NO2/c1-4-14-11-7-9(8(2)12)5-6-10(11)13-3/h5-7H,2,4,12H2,1,3H3. The van der Waals surface area contributed by atoms with Crippen molar-refractivity contribution in [3.63, 3.8) is 0 Å². The minimum absolute atomic E-state index is 0.522. The van der Waals surface area contributed by atoms with Gasteiger partial charge in [0.1, 0.15) is 0 Å². The number of hydrogen-bond acceptors (Lipinski definition) is 3. The van der Waals surface area contributed by atoms with Crippen molar-refractivity contribution in [2.24, 2.45) is 5.73 Å². The number of nitrogens with two attached hydrogens (primary N) is 1. The Labute approximate surface area is 84.1 Å². The Morgan fingerprint density at radius 2 is 2.14 bits per heavy atom. The van der Waals surface area contributed by atoms with Gasteiger partial charge in [0.15, 0.2) is 11.5 Å². The summed E-state index contributed by atoms with van der Waals surface area (Å²) >= 11 is 0. The van der Waals surface area contributed by atoms with E-state index in [4.69, 9.17) is 15.2 Å². The van der Waals surface area contributed by atoms with Crippen molar-refractivity contribution in [1.82, 2.24) is 0 Å². The molecular formula is C11H15NO2. The second kappa shape index (κ2) is 4.56. The summed E-state index contributed by atoms with van der Waals surface area (Å²) in [7, 11) is 1.61. The van der Waals surface area contributed by atoms with Crippen LogP contribution >= 0.6 is 0 Å². The number of benzene rings is 1. The average molecular weight is 193 g/mol. The summed E-state index contributed by atoms with van der Waals surface area (Å²) < 4.78 is 10.5. The Morgan fingerprint density at radius 3 is 2.64 bits per heavy atom. The van der Waals surface area contributed by atoms with Crippen LogP contribution in [0.15, 0.2) is 24.8 Å². The van der Waals surface area contributed by atoms with E-state index >= 15 is 0 Å². The fourth-order valence-electron chi connectivity index (χ4n) is 1.14. The highest BCUT2D eigenvalue weighted by Gasteiger charge is 2.05. The van der Waals surface area contributed by atoms with E-state index in [1.54, 1.807) is 7.11 Å². The highest BCUT2D eigenvalue weighted by atomic mass is 16.5. The molecule has 76 valence electrons. The van der Waals surface area contributed by atoms with Crippen LogP contribution in [0.25, 0.3) is 5.70 Å². The smallest absolute Gasteiger partial charge is 0.161 e. The summed E-state index contributed by atoms with van der Waals surface area (Å²) in [5.74, 6) is 1.40. The summed E-state index contributed by atoms with van der Waals surface area (Å²) in [6.07, 6.45) is 0. The average Bonchev–Trinajstić information content (AvgIpc) is 2.18. The molecule has 14 heavy (non-hydrogen) atoms. The van der Waals surface area contributed by atoms with Crippen LogP contribution in [-0.2, 0) is 0 Å². The molecule has 0 amide bonds. The van der Waals surface area contributed by atoms with Crippen LogP contribution < -0.4 is 15.2 Å². The SMILES string of the molecule is C=C(N)c1ccc(OC)c(OCC)c1. The van der Waals surface area contributed by atoms with Gasteiger partial charge in [-0.15, -0.1) is 0 Å². The first-order valence-electron chi connectivity index (χ1n) is 4.44. The van der Waals surface area contributed by atoms with Crippen molar-refractivity contribution < 1.29 is 9.47 Å². The number of rotatable bonds is 4. The van der Waals surface area contributed by atoms with Crippen molar-refractivity contribution in [1.29, 1.82) is 0 Å². The van der Waals surface area contributed by atoms with Crippen LogP contribution in [0, 0.1) is 0 Å². The molecule has 3 nitrogen and oxygen atoms in total. The molecule has 0 aliphatic heterocycles. The van der Waals surface area contributed by atoms with Crippen molar-refractivity contribution in [3.05, 3.63) is 30.3 Å². The lowest BCUT2D eigenvalue weighted by Crippen LogP contribution is -1.98. The molecule has 0 saturated heterocycles. The monoisotopic (exact) mass is 193 g/mol. The molecule has 0 atom stereocenters. The predicted molar refractivity (Wildman–Crippen MR) is 57.4 cm³/mol. The first-order valence-corrected chi connectivity index (χ1v) is 4.44. The molecule has 0 unspecified atom stereocenters. The fraction of sp³-hybridized carbons (Fsp3) is 0.273. The van der Waals surface area contributed by atoms with Crippen LogP contribution in [-0.4, -0.2) is 13.7 Å². The lowest BCUT2D eigenvalue weighted by molar-refractivity contribution is 0.311. The van der Waals surface area contributed by atoms with Crippen molar-refractivity contribution >= 4 is 5.70 Å². The maximum absolute atomic E-state index is 5.58. The maximum atomic E-state index is 5.58. The van der Waals surface area contributed by atoms with Gasteiger partial charge in [-0.05, 0) is 25.1 Å². The van der Waals surface area contributed by atoms with Gasteiger partial charge in [-0.3, -0.25) is 0 Å². The Hall–Kier alpha value is -1.64. The molecule has 0 fully saturated rings. The Bertz CT molecular complexity index is 334. The van der Waals surface area contributed by atoms with Gasteiger partial charge in [0.2, 0.25) is 0 Å². The number of hydrogen-bond donors (Lipinski definition) is 1. The first-order chi connectivity index (χ1) is 6.69. The Kier molecular flexibility index (Phi) is 3.40. The lowest BCUT2D eigenvalue weighted by atomic mass is 10.1. The third kappa shape index (κ3) is 2.19. The molecule has 2 N–H and O–H groups in total. The summed E-state index contributed by atoms with van der Waals surface area (Å²) in [4.78, 5) is 0. The molecule has 1 aromatic carbocycles. The van der Waals surface area contributed by atoms with Gasteiger partial charge in [-0.25, -0.2) is 0 Å². The molecular weight excluding hydrogens is 178 g/mol. The summed E-state index contributed by atoms with van der Waals surface area (Å²) in [5.41, 5.74) is 6.96. The maximum Gasteiger partial charge on any atom is 0.161 e. The fourth-order valence-corrected chi connectivity index (χ4v) is 1.14. The van der Waals surface area contributed by atoms with Crippen molar-refractivity contribution in [3.8, 4) is 11.5 Å². The largest absolute Gasteiger partial charge is 0.493 e. The van der Waals surface area contributed by atoms with Crippen LogP contribution in [0.1, 0.15) is 12.5 Å². The zero-order chi connectivity index (χ0) is 10.6. The molecule has 0 spiro atoms. The zero-order valence-electron chi connectivity index (χ0n) is 8.54. The van der Waals surface area contributed by atoms with Crippen LogP contribution in [0.2, 0.25) is 0 Å². The Balaban J connectivity index is 3.07. The zero-order valence-corrected chi connectivity index (χ0v) is 8.54. The third-order valence-corrected chi connectivity index (χ3v) is 1.83. The van der Waals surface area contributed by atoms with E-state index in [0.717, 1.165) is 5.56 Å². The van der Waals surface area contributed by atoms with Gasteiger partial charge in [0.25, 0.3) is 0 Å². The van der Waals surface area contributed by atoms with Gasteiger partial charge >= 0.3 is 0 Å². The molecule has 0 aromatic heterocycles. The third-order valence-electron chi connectivity index (χ3n) is 1.83. The van der Waals surface area contributed by atoms with E-state index in [1.807, 2.05) is 25.1 Å². The molecule has 0 aliphatic carbocycles. The highest BCUT2D eigenvalue weighted by molar-refractivity contribution is 5.63. The highest BCUT2D eigenvalue weighted by Crippen LogP contribution is 2.29. The molecule has 0 radical (unpaired) electrons. The second-order valence-electron chi connectivity index (χ2n) is 2.82. The van der Waals surface area contributed by atoms with Crippen LogP contribution in [0.3, 0.4) is 0 Å². The van der Waals surface area contributed by atoms with E-state index < -0.39 is 0 Å². The summed E-state index contributed by atoms with van der Waals surface area (Å²) in [6, 6.07) is 5.49. The van der Waals surface area contributed by atoms with Gasteiger partial charge in [-0.2, -0.15) is 0 Å². The van der Waals surface area contributed by atoms with Gasteiger partial charge in [0, 0.05) is 11.3 Å². The number of methoxy groups -OCH3 is 1. The second-order valence-corrected chi connectivity index (χ2v) is 2.82. The van der Waals surface area contributed by atoms with Gasteiger partial charge in [0.05, 0.1) is 13.7 Å². The van der Waals surface area contributed by atoms with Crippen molar-refractivity contribution in [2.75, 3.05) is 13.7 Å². The van der Waals surface area contributed by atoms with Crippen LogP contribution in [0.4, 0.5) is 0 Å². The summed E-state index contributed by atoms with van der Waals surface area (Å²) in [5, 5.41) is 0. The quantitative estimate of drug-likeness (QED) is 0.795. The van der Waals surface area contributed by atoms with E-state index in [1.165, 1.54) is 0 Å². The van der Waals surface area contributed by atoms with Crippen molar-refractivity contribution in [2.45, 2.75) is 6.92 Å². The topological polar surface area (TPSA) is 44.5 Å².